The lowest BCUT2D eigenvalue weighted by atomic mass is 9.94. The first-order valence-electron chi connectivity index (χ1n) is 8.45. The van der Waals surface area contributed by atoms with E-state index in [0.29, 0.717) is 10.6 Å². The molecule has 2 N–H and O–H groups in total. The Morgan fingerprint density at radius 3 is 2.45 bits per heavy atom. The summed E-state index contributed by atoms with van der Waals surface area (Å²) in [5.41, 5.74) is -0.885. The Labute approximate surface area is 168 Å². The van der Waals surface area contributed by atoms with Gasteiger partial charge in [0.2, 0.25) is 0 Å². The Morgan fingerprint density at radius 1 is 1.14 bits per heavy atom. The number of hydrogen-bond acceptors (Lipinski definition) is 5. The summed E-state index contributed by atoms with van der Waals surface area (Å²) < 4.78 is 46.9. The molecule has 0 radical (unpaired) electrons. The van der Waals surface area contributed by atoms with Crippen LogP contribution in [-0.2, 0) is 5.41 Å². The van der Waals surface area contributed by atoms with E-state index in [0.717, 1.165) is 29.5 Å². The monoisotopic (exact) mass is 422 g/mol. The van der Waals surface area contributed by atoms with Crippen LogP contribution in [0.25, 0.3) is 11.9 Å². The van der Waals surface area contributed by atoms with E-state index in [4.69, 9.17) is 4.42 Å². The van der Waals surface area contributed by atoms with Crippen LogP contribution in [0.1, 0.15) is 37.3 Å². The summed E-state index contributed by atoms with van der Waals surface area (Å²) >= 11 is 0.959. The highest BCUT2D eigenvalue weighted by molar-refractivity contribution is 7.16. The first kappa shape index (κ1) is 20.6. The molecule has 0 aliphatic heterocycles. The minimum Gasteiger partial charge on any atom is -0.439 e. The minimum atomic E-state index is -0.912. The number of thiazole rings is 1. The Hall–Kier alpha value is -3.14. The van der Waals surface area contributed by atoms with Crippen molar-refractivity contribution < 1.29 is 22.4 Å². The van der Waals surface area contributed by atoms with Crippen molar-refractivity contribution in [2.24, 2.45) is 0 Å². The number of oxazole rings is 1. The van der Waals surface area contributed by atoms with E-state index in [1.54, 1.807) is 0 Å². The lowest BCUT2D eigenvalue weighted by Gasteiger charge is -2.12. The fourth-order valence-corrected chi connectivity index (χ4v) is 2.93. The Balaban J connectivity index is 1.68. The number of para-hydroxylation sites is 1. The van der Waals surface area contributed by atoms with Gasteiger partial charge in [-0.2, -0.15) is 0 Å². The highest BCUT2D eigenvalue weighted by Crippen LogP contribution is 2.28. The number of halogens is 3. The van der Waals surface area contributed by atoms with Crippen molar-refractivity contribution in [1.82, 2.24) is 9.97 Å². The number of amides is 2. The van der Waals surface area contributed by atoms with E-state index in [2.05, 4.69) is 20.6 Å². The molecule has 0 atom stereocenters. The lowest BCUT2D eigenvalue weighted by Crippen LogP contribution is -2.20. The predicted molar refractivity (Wildman–Crippen MR) is 105 cm³/mol. The number of rotatable bonds is 4. The zero-order chi connectivity index (χ0) is 21.2. The molecule has 152 valence electrons. The number of nitrogens with zero attached hydrogens (tertiary/aromatic N) is 2. The van der Waals surface area contributed by atoms with Crippen molar-refractivity contribution >= 4 is 40.1 Å². The van der Waals surface area contributed by atoms with Crippen LogP contribution >= 0.6 is 11.3 Å². The van der Waals surface area contributed by atoms with E-state index < -0.39 is 29.2 Å². The molecule has 0 saturated heterocycles. The molecule has 0 aliphatic rings. The van der Waals surface area contributed by atoms with Gasteiger partial charge in [-0.1, -0.05) is 38.2 Å². The molecule has 0 spiro atoms. The average Bonchev–Trinajstić information content (AvgIpc) is 3.28. The van der Waals surface area contributed by atoms with Gasteiger partial charge >= 0.3 is 6.03 Å². The molecule has 10 heteroatoms. The van der Waals surface area contributed by atoms with Gasteiger partial charge in [-0.25, -0.2) is 27.9 Å². The second-order valence-electron chi connectivity index (χ2n) is 7.02. The van der Waals surface area contributed by atoms with Crippen LogP contribution in [0.15, 0.2) is 35.0 Å². The number of aromatic nitrogens is 2. The predicted octanol–water partition coefficient (Wildman–Crippen LogP) is 5.82. The van der Waals surface area contributed by atoms with Crippen LogP contribution in [0.3, 0.4) is 0 Å². The summed E-state index contributed by atoms with van der Waals surface area (Å²) in [5.74, 6) is -2.14. The third kappa shape index (κ3) is 5.02. The minimum absolute atomic E-state index is 0.112. The second kappa shape index (κ2) is 8.08. The van der Waals surface area contributed by atoms with E-state index in [9.17, 15) is 18.0 Å². The van der Waals surface area contributed by atoms with Gasteiger partial charge in [0.15, 0.2) is 11.0 Å². The summed E-state index contributed by atoms with van der Waals surface area (Å²) in [6.45, 7) is 5.74. The molecular formula is C19H17F3N4O2S. The van der Waals surface area contributed by atoms with Crippen molar-refractivity contribution in [3.63, 3.8) is 0 Å². The molecule has 2 heterocycles. The number of carbonyl (C=O) groups excluding carboxylic acids is 1. The smallest absolute Gasteiger partial charge is 0.325 e. The number of anilines is 2. The van der Waals surface area contributed by atoms with Crippen molar-refractivity contribution in [3.8, 4) is 0 Å². The average molecular weight is 422 g/mol. The zero-order valence-electron chi connectivity index (χ0n) is 15.7. The first-order valence-corrected chi connectivity index (χ1v) is 9.27. The van der Waals surface area contributed by atoms with E-state index in [-0.39, 0.29) is 16.4 Å². The fourth-order valence-electron chi connectivity index (χ4n) is 2.19. The molecule has 0 aliphatic carbocycles. The van der Waals surface area contributed by atoms with Crippen LogP contribution in [0.4, 0.5) is 28.8 Å². The molecule has 3 aromatic rings. The van der Waals surface area contributed by atoms with Crippen LogP contribution < -0.4 is 10.6 Å². The fraction of sp³-hybridized carbons (Fsp3) is 0.211. The SMILES string of the molecule is CC(C)(C)c1cnc(C(F)=Cc2cnc(NC(=O)Nc3c(F)cccc3F)s2)o1. The van der Waals surface area contributed by atoms with Gasteiger partial charge in [0.25, 0.3) is 5.89 Å². The standard InChI is InChI=1S/C19H17F3N4O2S/c1-19(2,3)14-9-23-16(28-14)13(22)7-10-8-24-18(29-10)26-17(27)25-15-11(20)5-4-6-12(15)21/h4-9H,1-3H3,(H2,24,25,26,27). The van der Waals surface area contributed by atoms with E-state index in [1.165, 1.54) is 18.5 Å². The van der Waals surface area contributed by atoms with Crippen molar-refractivity contribution in [1.29, 1.82) is 0 Å². The van der Waals surface area contributed by atoms with Crippen LogP contribution in [0, 0.1) is 11.6 Å². The van der Waals surface area contributed by atoms with Crippen LogP contribution in [0.5, 0.6) is 0 Å². The molecular weight excluding hydrogens is 405 g/mol. The maximum atomic E-state index is 14.4. The first-order chi connectivity index (χ1) is 13.6. The molecule has 29 heavy (non-hydrogen) atoms. The Morgan fingerprint density at radius 2 is 1.83 bits per heavy atom. The van der Waals surface area contributed by atoms with E-state index in [1.807, 2.05) is 20.8 Å². The third-order valence-corrected chi connectivity index (χ3v) is 4.52. The van der Waals surface area contributed by atoms with E-state index >= 15 is 0 Å². The molecule has 6 nitrogen and oxygen atoms in total. The van der Waals surface area contributed by atoms with Crippen LogP contribution in [0.2, 0.25) is 0 Å². The lowest BCUT2D eigenvalue weighted by molar-refractivity contribution is 0.262. The topological polar surface area (TPSA) is 80.0 Å². The number of urea groups is 1. The number of carbonyl (C=O) groups is 1. The van der Waals surface area contributed by atoms with Crippen molar-refractivity contribution in [2.75, 3.05) is 10.6 Å². The summed E-state index contributed by atoms with van der Waals surface area (Å²) in [6, 6.07) is 2.32. The van der Waals surface area contributed by atoms with Crippen LogP contribution in [-0.4, -0.2) is 16.0 Å². The molecule has 0 bridgehead atoms. The van der Waals surface area contributed by atoms with Gasteiger partial charge in [0.05, 0.1) is 11.1 Å². The summed E-state index contributed by atoms with van der Waals surface area (Å²) in [6.07, 6.45) is 3.96. The maximum absolute atomic E-state index is 14.4. The largest absolute Gasteiger partial charge is 0.439 e. The second-order valence-corrected chi connectivity index (χ2v) is 8.08. The number of hydrogen-bond donors (Lipinski definition) is 2. The van der Waals surface area contributed by atoms with Gasteiger partial charge in [-0.15, -0.1) is 0 Å². The van der Waals surface area contributed by atoms with Crippen molar-refractivity contribution in [2.45, 2.75) is 26.2 Å². The van der Waals surface area contributed by atoms with Crippen molar-refractivity contribution in [3.05, 3.63) is 58.8 Å². The number of benzene rings is 1. The summed E-state index contributed by atoms with van der Waals surface area (Å²) in [7, 11) is 0. The molecule has 1 aromatic carbocycles. The number of nitrogens with one attached hydrogen (secondary N) is 2. The van der Waals surface area contributed by atoms with Gasteiger partial charge in [-0.05, 0) is 18.2 Å². The Kier molecular flexibility index (Phi) is 5.73. The van der Waals surface area contributed by atoms with Gasteiger partial charge in [0, 0.05) is 11.6 Å². The normalized spacial score (nSPS) is 12.1. The molecule has 0 fully saturated rings. The molecule has 0 saturated carbocycles. The summed E-state index contributed by atoms with van der Waals surface area (Å²) in [5, 5.41) is 4.52. The molecule has 3 rings (SSSR count). The molecule has 2 amide bonds. The molecule has 0 unspecified atom stereocenters. The highest BCUT2D eigenvalue weighted by Gasteiger charge is 2.21. The zero-order valence-corrected chi connectivity index (χ0v) is 16.5. The summed E-state index contributed by atoms with van der Waals surface area (Å²) in [4.78, 5) is 20.2. The van der Waals surface area contributed by atoms with Gasteiger partial charge in [0.1, 0.15) is 23.1 Å². The van der Waals surface area contributed by atoms with Gasteiger partial charge < -0.3 is 9.73 Å². The van der Waals surface area contributed by atoms with Gasteiger partial charge in [-0.3, -0.25) is 5.32 Å². The Bertz CT molecular complexity index is 1050. The molecule has 2 aromatic heterocycles. The quantitative estimate of drug-likeness (QED) is 0.555. The highest BCUT2D eigenvalue weighted by atomic mass is 32.1. The maximum Gasteiger partial charge on any atom is 0.325 e. The third-order valence-electron chi connectivity index (χ3n) is 3.66.